The number of ether oxygens (including phenoxy) is 2. The maximum absolute atomic E-state index is 13.7. The normalized spacial score (nSPS) is 10.8. The molecule has 0 aliphatic rings. The standard InChI is InChI=1S/C18H17FN2O3/c1-3-23-18(22)13-8-9-16-20-12(2)17(21(16)10-13)24-11-14-6-4-5-7-15(14)19/h4-10H,3,11H2,1-2H3. The quantitative estimate of drug-likeness (QED) is 0.672. The number of rotatable bonds is 5. The SMILES string of the molecule is CCOC(=O)c1ccc2nc(C)c(OCc3ccccc3F)n2c1. The highest BCUT2D eigenvalue weighted by atomic mass is 19.1. The third kappa shape index (κ3) is 3.08. The Morgan fingerprint density at radius 3 is 2.79 bits per heavy atom. The van der Waals surface area contributed by atoms with Gasteiger partial charge in [-0.15, -0.1) is 0 Å². The monoisotopic (exact) mass is 328 g/mol. The number of hydrogen-bond acceptors (Lipinski definition) is 4. The van der Waals surface area contributed by atoms with E-state index in [1.807, 2.05) is 0 Å². The van der Waals surface area contributed by atoms with Crippen LogP contribution in [0, 0.1) is 12.7 Å². The fourth-order valence-electron chi connectivity index (χ4n) is 2.41. The Kier molecular flexibility index (Phi) is 4.46. The Labute approximate surface area is 138 Å². The number of carbonyl (C=O) groups excluding carboxylic acids is 1. The highest BCUT2D eigenvalue weighted by Crippen LogP contribution is 2.22. The second kappa shape index (κ2) is 6.70. The number of imidazole rings is 1. The average molecular weight is 328 g/mol. The van der Waals surface area contributed by atoms with Gasteiger partial charge in [-0.3, -0.25) is 4.40 Å². The van der Waals surface area contributed by atoms with Crippen molar-refractivity contribution in [2.24, 2.45) is 0 Å². The molecule has 3 rings (SSSR count). The Balaban J connectivity index is 1.92. The third-order valence-corrected chi connectivity index (χ3v) is 3.57. The van der Waals surface area contributed by atoms with E-state index in [-0.39, 0.29) is 12.4 Å². The lowest BCUT2D eigenvalue weighted by Gasteiger charge is -2.08. The molecule has 5 nitrogen and oxygen atoms in total. The smallest absolute Gasteiger partial charge is 0.339 e. The molecule has 0 spiro atoms. The van der Waals surface area contributed by atoms with E-state index in [0.29, 0.717) is 35.0 Å². The second-order valence-electron chi connectivity index (χ2n) is 5.25. The number of pyridine rings is 1. The number of benzene rings is 1. The van der Waals surface area contributed by atoms with Crippen molar-refractivity contribution in [2.45, 2.75) is 20.5 Å². The van der Waals surface area contributed by atoms with Crippen molar-refractivity contribution in [3.63, 3.8) is 0 Å². The lowest BCUT2D eigenvalue weighted by atomic mass is 10.2. The molecule has 0 aliphatic heterocycles. The third-order valence-electron chi connectivity index (χ3n) is 3.57. The average Bonchev–Trinajstić information content (AvgIpc) is 2.89. The first kappa shape index (κ1) is 16.0. The lowest BCUT2D eigenvalue weighted by Crippen LogP contribution is -2.06. The van der Waals surface area contributed by atoms with Gasteiger partial charge in [-0.25, -0.2) is 14.2 Å². The molecule has 0 atom stereocenters. The van der Waals surface area contributed by atoms with Gasteiger partial charge < -0.3 is 9.47 Å². The molecule has 3 aromatic rings. The van der Waals surface area contributed by atoms with E-state index in [1.54, 1.807) is 54.8 Å². The van der Waals surface area contributed by atoms with Gasteiger partial charge in [0.1, 0.15) is 23.8 Å². The second-order valence-corrected chi connectivity index (χ2v) is 5.25. The lowest BCUT2D eigenvalue weighted by molar-refractivity contribution is 0.0525. The van der Waals surface area contributed by atoms with Gasteiger partial charge in [0.25, 0.3) is 0 Å². The number of nitrogens with zero attached hydrogens (tertiary/aromatic N) is 2. The molecule has 0 N–H and O–H groups in total. The first-order valence-electron chi connectivity index (χ1n) is 7.62. The van der Waals surface area contributed by atoms with Gasteiger partial charge >= 0.3 is 5.97 Å². The highest BCUT2D eigenvalue weighted by molar-refractivity contribution is 5.89. The molecule has 0 saturated heterocycles. The van der Waals surface area contributed by atoms with Gasteiger partial charge in [0.05, 0.1) is 12.2 Å². The van der Waals surface area contributed by atoms with Crippen molar-refractivity contribution in [3.05, 3.63) is 65.2 Å². The first-order chi connectivity index (χ1) is 11.6. The molecule has 1 aromatic carbocycles. The Morgan fingerprint density at radius 2 is 2.04 bits per heavy atom. The van der Waals surface area contributed by atoms with E-state index < -0.39 is 5.97 Å². The summed E-state index contributed by atoms with van der Waals surface area (Å²) in [7, 11) is 0. The fraction of sp³-hybridized carbons (Fsp3) is 0.222. The minimum atomic E-state index is -0.411. The van der Waals surface area contributed by atoms with Gasteiger partial charge in [0, 0.05) is 11.8 Å². The van der Waals surface area contributed by atoms with Crippen LogP contribution in [-0.2, 0) is 11.3 Å². The molecular formula is C18H17FN2O3. The summed E-state index contributed by atoms with van der Waals surface area (Å²) in [5.74, 6) is -0.263. The van der Waals surface area contributed by atoms with Crippen molar-refractivity contribution in [1.82, 2.24) is 9.38 Å². The number of hydrogen-bond donors (Lipinski definition) is 0. The van der Waals surface area contributed by atoms with E-state index in [2.05, 4.69) is 4.98 Å². The van der Waals surface area contributed by atoms with Crippen molar-refractivity contribution < 1.29 is 18.7 Å². The molecule has 0 radical (unpaired) electrons. The zero-order valence-corrected chi connectivity index (χ0v) is 13.5. The number of halogens is 1. The van der Waals surface area contributed by atoms with Crippen molar-refractivity contribution >= 4 is 11.6 Å². The number of esters is 1. The number of fused-ring (bicyclic) bond motifs is 1. The van der Waals surface area contributed by atoms with Crippen LogP contribution in [0.4, 0.5) is 4.39 Å². The summed E-state index contributed by atoms with van der Waals surface area (Å²) in [4.78, 5) is 16.3. The molecule has 124 valence electrons. The van der Waals surface area contributed by atoms with Crippen LogP contribution >= 0.6 is 0 Å². The first-order valence-corrected chi connectivity index (χ1v) is 7.62. The molecule has 0 fully saturated rings. The van der Waals surface area contributed by atoms with Crippen molar-refractivity contribution in [3.8, 4) is 5.88 Å². The molecular weight excluding hydrogens is 311 g/mol. The molecule has 24 heavy (non-hydrogen) atoms. The predicted octanol–water partition coefficient (Wildman–Crippen LogP) is 3.54. The minimum Gasteiger partial charge on any atom is -0.472 e. The molecule has 0 amide bonds. The van der Waals surface area contributed by atoms with Crippen LogP contribution in [0.3, 0.4) is 0 Å². The summed E-state index contributed by atoms with van der Waals surface area (Å²) in [6.45, 7) is 3.93. The summed E-state index contributed by atoms with van der Waals surface area (Å²) in [6, 6.07) is 9.80. The Bertz CT molecular complexity index is 889. The molecule has 0 unspecified atom stereocenters. The Hall–Kier alpha value is -2.89. The van der Waals surface area contributed by atoms with E-state index >= 15 is 0 Å². The van der Waals surface area contributed by atoms with Gasteiger partial charge in [0.2, 0.25) is 5.88 Å². The van der Waals surface area contributed by atoms with E-state index in [0.717, 1.165) is 0 Å². The largest absolute Gasteiger partial charge is 0.472 e. The summed E-state index contributed by atoms with van der Waals surface area (Å²) >= 11 is 0. The topological polar surface area (TPSA) is 52.8 Å². The van der Waals surface area contributed by atoms with Crippen molar-refractivity contribution in [1.29, 1.82) is 0 Å². The van der Waals surface area contributed by atoms with Gasteiger partial charge in [0.15, 0.2) is 0 Å². The zero-order chi connectivity index (χ0) is 17.1. The van der Waals surface area contributed by atoms with Gasteiger partial charge in [-0.1, -0.05) is 18.2 Å². The molecule has 0 bridgehead atoms. The van der Waals surface area contributed by atoms with E-state index in [4.69, 9.17) is 9.47 Å². The molecule has 6 heteroatoms. The van der Waals surface area contributed by atoms with E-state index in [9.17, 15) is 9.18 Å². The van der Waals surface area contributed by atoms with Crippen LogP contribution in [0.15, 0.2) is 42.6 Å². The molecule has 0 saturated carbocycles. The molecule has 0 aliphatic carbocycles. The van der Waals surface area contributed by atoms with Crippen LogP contribution in [0.25, 0.3) is 5.65 Å². The number of aromatic nitrogens is 2. The zero-order valence-electron chi connectivity index (χ0n) is 13.5. The number of aryl methyl sites for hydroxylation is 1. The Morgan fingerprint density at radius 1 is 1.25 bits per heavy atom. The maximum Gasteiger partial charge on any atom is 0.339 e. The maximum atomic E-state index is 13.7. The summed E-state index contributed by atoms with van der Waals surface area (Å²) in [6.07, 6.45) is 1.62. The van der Waals surface area contributed by atoms with Crippen LogP contribution < -0.4 is 4.74 Å². The number of carbonyl (C=O) groups is 1. The van der Waals surface area contributed by atoms with Gasteiger partial charge in [-0.2, -0.15) is 0 Å². The van der Waals surface area contributed by atoms with E-state index in [1.165, 1.54) is 6.07 Å². The highest BCUT2D eigenvalue weighted by Gasteiger charge is 2.14. The molecule has 2 heterocycles. The molecule has 2 aromatic heterocycles. The predicted molar refractivity (Wildman–Crippen MR) is 86.6 cm³/mol. The summed E-state index contributed by atoms with van der Waals surface area (Å²) < 4.78 is 26.2. The summed E-state index contributed by atoms with van der Waals surface area (Å²) in [5, 5.41) is 0. The van der Waals surface area contributed by atoms with Crippen molar-refractivity contribution in [2.75, 3.05) is 6.61 Å². The summed E-state index contributed by atoms with van der Waals surface area (Å²) in [5.41, 5.74) is 2.15. The minimum absolute atomic E-state index is 0.0743. The van der Waals surface area contributed by atoms with Crippen LogP contribution in [-0.4, -0.2) is 22.0 Å². The van der Waals surface area contributed by atoms with Crippen LogP contribution in [0.1, 0.15) is 28.5 Å². The van der Waals surface area contributed by atoms with Crippen LogP contribution in [0.5, 0.6) is 5.88 Å². The fourth-order valence-corrected chi connectivity index (χ4v) is 2.41. The van der Waals surface area contributed by atoms with Crippen LogP contribution in [0.2, 0.25) is 0 Å². The van der Waals surface area contributed by atoms with Gasteiger partial charge in [-0.05, 0) is 32.0 Å².